The summed E-state index contributed by atoms with van der Waals surface area (Å²) in [4.78, 5) is 27.3. The molecule has 0 saturated heterocycles. The zero-order valence-corrected chi connectivity index (χ0v) is 23.4. The summed E-state index contributed by atoms with van der Waals surface area (Å²) in [6.45, 7) is 2.91. The second-order valence-electron chi connectivity index (χ2n) is 10.0. The van der Waals surface area contributed by atoms with Crippen LogP contribution in [0.2, 0.25) is 0 Å². The Morgan fingerprint density at radius 3 is 2.05 bits per heavy atom. The summed E-state index contributed by atoms with van der Waals surface area (Å²) in [5.41, 5.74) is 5.01. The molecule has 1 amide bonds. The number of ketones is 1. The van der Waals surface area contributed by atoms with Crippen LogP contribution >= 0.6 is 0 Å². The van der Waals surface area contributed by atoms with E-state index in [2.05, 4.69) is 12.2 Å². The van der Waals surface area contributed by atoms with Crippen molar-refractivity contribution in [2.24, 2.45) is 0 Å². The molecule has 0 radical (unpaired) electrons. The highest BCUT2D eigenvalue weighted by molar-refractivity contribution is 6.08. The highest BCUT2D eigenvalue weighted by atomic mass is 16.3. The van der Waals surface area contributed by atoms with Gasteiger partial charge in [0.1, 0.15) is 0 Å². The van der Waals surface area contributed by atoms with Gasteiger partial charge in [-0.2, -0.15) is 0 Å². The van der Waals surface area contributed by atoms with E-state index >= 15 is 0 Å². The fraction of sp³-hybridized carbons (Fsp3) is 0.353. The lowest BCUT2D eigenvalue weighted by Crippen LogP contribution is -2.20. The molecule has 3 aromatic rings. The average Bonchev–Trinajstić information content (AvgIpc) is 2.96. The Hall–Kier alpha value is -3.70. The smallest absolute Gasteiger partial charge is 0.255 e. The number of carbonyl (C=O) groups is 2. The van der Waals surface area contributed by atoms with Crippen LogP contribution in [0.15, 0.2) is 78.9 Å². The highest BCUT2D eigenvalue weighted by Gasteiger charge is 2.08. The number of benzene rings is 3. The third kappa shape index (κ3) is 10.2. The zero-order chi connectivity index (χ0) is 27.9. The van der Waals surface area contributed by atoms with Gasteiger partial charge in [-0.15, -0.1) is 0 Å². The molecule has 206 valence electrons. The van der Waals surface area contributed by atoms with Gasteiger partial charge in [0, 0.05) is 36.1 Å². The Bertz CT molecular complexity index is 1180. The highest BCUT2D eigenvalue weighted by Crippen LogP contribution is 2.17. The van der Waals surface area contributed by atoms with Gasteiger partial charge in [-0.05, 0) is 78.6 Å². The van der Waals surface area contributed by atoms with Crippen LogP contribution in [0.1, 0.15) is 83.7 Å². The van der Waals surface area contributed by atoms with Crippen LogP contribution in [0.4, 0.5) is 11.4 Å². The molecule has 0 aliphatic rings. The maximum atomic E-state index is 12.7. The maximum absolute atomic E-state index is 12.7. The average molecular weight is 527 g/mol. The van der Waals surface area contributed by atoms with Gasteiger partial charge >= 0.3 is 0 Å². The van der Waals surface area contributed by atoms with Crippen molar-refractivity contribution in [3.8, 4) is 0 Å². The minimum Gasteiger partial charge on any atom is -0.395 e. The minimum absolute atomic E-state index is 0.0988. The lowest BCUT2D eigenvalue weighted by molar-refractivity contribution is 0.102. The first-order chi connectivity index (χ1) is 19.0. The number of aliphatic hydroxyl groups excluding tert-OH is 1. The number of nitrogens with one attached hydrogen (secondary N) is 1. The van der Waals surface area contributed by atoms with E-state index in [4.69, 9.17) is 5.11 Å². The summed E-state index contributed by atoms with van der Waals surface area (Å²) in [6.07, 6.45) is 13.4. The number of nitrogens with zero attached hydrogens (tertiary/aromatic N) is 1. The molecule has 0 spiro atoms. The molecule has 3 aromatic carbocycles. The predicted octanol–water partition coefficient (Wildman–Crippen LogP) is 7.56. The van der Waals surface area contributed by atoms with Crippen molar-refractivity contribution in [3.63, 3.8) is 0 Å². The number of rotatable bonds is 16. The van der Waals surface area contributed by atoms with Gasteiger partial charge in [0.05, 0.1) is 6.61 Å². The Kier molecular flexibility index (Phi) is 12.5. The molecule has 3 rings (SSSR count). The third-order valence-corrected chi connectivity index (χ3v) is 6.91. The van der Waals surface area contributed by atoms with Gasteiger partial charge in [0.2, 0.25) is 0 Å². The van der Waals surface area contributed by atoms with Gasteiger partial charge in [0.15, 0.2) is 5.78 Å². The summed E-state index contributed by atoms with van der Waals surface area (Å²) in [5.74, 6) is -0.268. The topological polar surface area (TPSA) is 69.6 Å². The van der Waals surface area contributed by atoms with E-state index in [1.54, 1.807) is 36.4 Å². The molecule has 0 aliphatic carbocycles. The molecule has 5 nitrogen and oxygen atoms in total. The lowest BCUT2D eigenvalue weighted by atomic mass is 10.0. The molecule has 0 aliphatic heterocycles. The number of hydrogen-bond acceptors (Lipinski definition) is 4. The molecule has 0 fully saturated rings. The van der Waals surface area contributed by atoms with Crippen molar-refractivity contribution in [2.75, 3.05) is 30.4 Å². The summed E-state index contributed by atoms with van der Waals surface area (Å²) >= 11 is 0. The van der Waals surface area contributed by atoms with Gasteiger partial charge in [-0.3, -0.25) is 9.59 Å². The van der Waals surface area contributed by atoms with Crippen molar-refractivity contribution in [1.82, 2.24) is 0 Å². The third-order valence-electron chi connectivity index (χ3n) is 6.91. The molecule has 0 atom stereocenters. The Balaban J connectivity index is 1.45. The van der Waals surface area contributed by atoms with Crippen LogP contribution in [-0.4, -0.2) is 37.0 Å². The molecule has 0 aromatic heterocycles. The standard InChI is InChI=1S/C34H42N2O3/c1-3-4-5-6-7-8-9-10-27-11-16-30(17-12-27)34(39)35-31-20-18-29(19-21-31)33(38)24-15-28-13-22-32(23-14-28)36(2)25-26-37/h11-24,37H,3-10,25-26H2,1-2H3,(H,35,39)/b24-15+. The normalized spacial score (nSPS) is 11.1. The van der Waals surface area contributed by atoms with Crippen molar-refractivity contribution < 1.29 is 14.7 Å². The second kappa shape index (κ2) is 16.3. The molecule has 2 N–H and O–H groups in total. The maximum Gasteiger partial charge on any atom is 0.255 e. The first kappa shape index (κ1) is 29.9. The number of carbonyl (C=O) groups excluding carboxylic acids is 2. The summed E-state index contributed by atoms with van der Waals surface area (Å²) in [6, 6.07) is 22.6. The number of likely N-dealkylation sites (N-methyl/N-ethyl adjacent to an activating group) is 1. The molecule has 0 heterocycles. The van der Waals surface area contributed by atoms with Crippen molar-refractivity contribution >= 4 is 29.1 Å². The second-order valence-corrected chi connectivity index (χ2v) is 10.0. The molecule has 0 unspecified atom stereocenters. The summed E-state index contributed by atoms with van der Waals surface area (Å²) in [7, 11) is 1.92. The number of unbranched alkanes of at least 4 members (excludes halogenated alkanes) is 6. The van der Waals surface area contributed by atoms with Crippen LogP contribution in [0, 0.1) is 0 Å². The van der Waals surface area contributed by atoms with Gasteiger partial charge in [-0.25, -0.2) is 0 Å². The first-order valence-electron chi connectivity index (χ1n) is 14.1. The zero-order valence-electron chi connectivity index (χ0n) is 23.4. The van der Waals surface area contributed by atoms with Crippen molar-refractivity contribution in [2.45, 2.75) is 58.3 Å². The van der Waals surface area contributed by atoms with Crippen LogP contribution in [0.5, 0.6) is 0 Å². The van der Waals surface area contributed by atoms with Crippen molar-refractivity contribution in [1.29, 1.82) is 0 Å². The Morgan fingerprint density at radius 2 is 1.41 bits per heavy atom. The van der Waals surface area contributed by atoms with E-state index in [1.807, 2.05) is 60.5 Å². The van der Waals surface area contributed by atoms with E-state index in [1.165, 1.54) is 50.5 Å². The SMILES string of the molecule is CCCCCCCCCc1ccc(C(=O)Nc2ccc(C(=O)/C=C/c3ccc(N(C)CCO)cc3)cc2)cc1. The van der Waals surface area contributed by atoms with E-state index in [0.29, 0.717) is 23.4 Å². The van der Waals surface area contributed by atoms with Gasteiger partial charge in [-0.1, -0.05) is 75.8 Å². The van der Waals surface area contributed by atoms with Crippen LogP contribution in [-0.2, 0) is 6.42 Å². The minimum atomic E-state index is -0.162. The summed E-state index contributed by atoms with van der Waals surface area (Å²) < 4.78 is 0. The number of hydrogen-bond donors (Lipinski definition) is 2. The van der Waals surface area contributed by atoms with Gasteiger partial charge < -0.3 is 15.3 Å². The number of aryl methyl sites for hydroxylation is 1. The predicted molar refractivity (Wildman–Crippen MR) is 163 cm³/mol. The van der Waals surface area contributed by atoms with E-state index in [0.717, 1.165) is 17.7 Å². The number of aliphatic hydroxyl groups is 1. The van der Waals surface area contributed by atoms with Crippen LogP contribution in [0.3, 0.4) is 0 Å². The molecule has 0 saturated carbocycles. The quantitative estimate of drug-likeness (QED) is 0.115. The number of allylic oxidation sites excluding steroid dienone is 1. The number of amides is 1. The lowest BCUT2D eigenvalue weighted by Gasteiger charge is -2.17. The molecular weight excluding hydrogens is 484 g/mol. The first-order valence-corrected chi connectivity index (χ1v) is 14.1. The number of anilines is 2. The van der Waals surface area contributed by atoms with E-state index < -0.39 is 0 Å². The van der Waals surface area contributed by atoms with Crippen LogP contribution < -0.4 is 10.2 Å². The molecule has 0 bridgehead atoms. The Labute approximate surface area is 233 Å². The fourth-order valence-corrected chi connectivity index (χ4v) is 4.42. The monoisotopic (exact) mass is 526 g/mol. The largest absolute Gasteiger partial charge is 0.395 e. The molecule has 39 heavy (non-hydrogen) atoms. The van der Waals surface area contributed by atoms with E-state index in [9.17, 15) is 9.59 Å². The Morgan fingerprint density at radius 1 is 0.795 bits per heavy atom. The fourth-order valence-electron chi connectivity index (χ4n) is 4.42. The summed E-state index contributed by atoms with van der Waals surface area (Å²) in [5, 5.41) is 12.0. The van der Waals surface area contributed by atoms with Crippen LogP contribution in [0.25, 0.3) is 6.08 Å². The van der Waals surface area contributed by atoms with Crippen molar-refractivity contribution in [3.05, 3.63) is 101 Å². The van der Waals surface area contributed by atoms with E-state index in [-0.39, 0.29) is 18.3 Å². The molecular formula is C34H42N2O3. The van der Waals surface area contributed by atoms with Gasteiger partial charge in [0.25, 0.3) is 5.91 Å². The molecule has 5 heteroatoms.